The van der Waals surface area contributed by atoms with E-state index >= 15 is 0 Å². The molecule has 0 rings (SSSR count). The van der Waals surface area contributed by atoms with Crippen LogP contribution in [0.5, 0.6) is 0 Å². The predicted octanol–water partition coefficient (Wildman–Crippen LogP) is 0.919. The number of carbonyl (C=O) groups excluding carboxylic acids is 3. The number of nitrogens with zero attached hydrogens (tertiary/aromatic N) is 3. The van der Waals surface area contributed by atoms with Crippen LogP contribution in [0.4, 0.5) is 0 Å². The van der Waals surface area contributed by atoms with E-state index in [9.17, 15) is 14.4 Å². The maximum Gasteiger partial charge on any atom is 0.222 e. The minimum atomic E-state index is -0.475. The molecule has 0 saturated heterocycles. The Labute approximate surface area is 278 Å². The van der Waals surface area contributed by atoms with Crippen molar-refractivity contribution in [1.82, 2.24) is 10.6 Å². The molecule has 0 bridgehead atoms. The number of carbonyl (C=O) groups is 3. The highest BCUT2D eigenvalue weighted by Gasteiger charge is 2.14. The highest BCUT2D eigenvalue weighted by Crippen LogP contribution is 1.99. The summed E-state index contributed by atoms with van der Waals surface area (Å²) >= 11 is 0. The van der Waals surface area contributed by atoms with Crippen LogP contribution in [0, 0.1) is 0 Å². The van der Waals surface area contributed by atoms with Gasteiger partial charge in [0.25, 0.3) is 0 Å². The van der Waals surface area contributed by atoms with Crippen molar-refractivity contribution in [2.75, 3.05) is 125 Å². The van der Waals surface area contributed by atoms with E-state index in [1.54, 1.807) is 0 Å². The second-order valence-corrected chi connectivity index (χ2v) is 10.1. The van der Waals surface area contributed by atoms with Gasteiger partial charge in [0.2, 0.25) is 11.8 Å². The Balaban J connectivity index is 4.26. The Bertz CT molecular complexity index is 806. The van der Waals surface area contributed by atoms with E-state index in [-0.39, 0.29) is 76.4 Å². The van der Waals surface area contributed by atoms with Gasteiger partial charge in [-0.05, 0) is 18.4 Å². The molecular formula is C30H58N6O11. The van der Waals surface area contributed by atoms with Crippen LogP contribution in [0.25, 0.3) is 10.4 Å². The fourth-order valence-electron chi connectivity index (χ4n) is 3.59. The monoisotopic (exact) mass is 678 g/mol. The molecule has 0 spiro atoms. The minimum absolute atomic E-state index is 0.0353. The van der Waals surface area contributed by atoms with Gasteiger partial charge in [-0.15, -0.1) is 0 Å². The Morgan fingerprint density at radius 3 is 1.85 bits per heavy atom. The standard InChI is InChI=1S/C30H58N6O11/c1-2-11-40-17-9-33-29(38)6-15-47-26-27(25-46-13-5-28(37)4-3-12-41-18-10-34-36-32)35-30(39)7-14-42-19-21-44-23-24-45-22-20-43-16-8-31/h27H,2-26,31H2,1H3,(H,33,38)(H,35,39). The Kier molecular flexibility index (Phi) is 34.5. The third-order valence-electron chi connectivity index (χ3n) is 5.91. The number of nitrogens with two attached hydrogens (primary N) is 1. The number of nitrogens with one attached hydrogen (secondary N) is 2. The zero-order valence-electron chi connectivity index (χ0n) is 28.2. The van der Waals surface area contributed by atoms with Crippen molar-refractivity contribution in [3.63, 3.8) is 0 Å². The number of hydrogen-bond donors (Lipinski definition) is 3. The van der Waals surface area contributed by atoms with Crippen molar-refractivity contribution in [3.8, 4) is 0 Å². The first-order chi connectivity index (χ1) is 23.0. The van der Waals surface area contributed by atoms with Crippen LogP contribution in [0.2, 0.25) is 0 Å². The first-order valence-corrected chi connectivity index (χ1v) is 16.4. The summed E-state index contributed by atoms with van der Waals surface area (Å²) in [6.07, 6.45) is 2.37. The summed E-state index contributed by atoms with van der Waals surface area (Å²) in [6.45, 7) is 8.96. The van der Waals surface area contributed by atoms with Crippen LogP contribution in [-0.2, 0) is 52.3 Å². The quantitative estimate of drug-likeness (QED) is 0.0361. The predicted molar refractivity (Wildman–Crippen MR) is 173 cm³/mol. The van der Waals surface area contributed by atoms with Gasteiger partial charge in [0.05, 0.1) is 98.5 Å². The van der Waals surface area contributed by atoms with Crippen molar-refractivity contribution in [3.05, 3.63) is 10.4 Å². The van der Waals surface area contributed by atoms with Crippen molar-refractivity contribution in [2.45, 2.75) is 51.5 Å². The largest absolute Gasteiger partial charge is 0.381 e. The molecule has 0 aromatic heterocycles. The Morgan fingerprint density at radius 2 is 1.21 bits per heavy atom. The molecule has 0 fully saturated rings. The molecule has 0 aromatic rings. The fraction of sp³-hybridized carbons (Fsp3) is 0.900. The average molecular weight is 679 g/mol. The van der Waals surface area contributed by atoms with Crippen LogP contribution in [-0.4, -0.2) is 149 Å². The van der Waals surface area contributed by atoms with Gasteiger partial charge in [0, 0.05) is 63.4 Å². The van der Waals surface area contributed by atoms with E-state index in [0.29, 0.717) is 98.6 Å². The first kappa shape index (κ1) is 44.6. The maximum absolute atomic E-state index is 12.5. The number of hydrogen-bond acceptors (Lipinski definition) is 13. The molecule has 2 amide bonds. The number of ketones is 1. The van der Waals surface area contributed by atoms with E-state index < -0.39 is 6.04 Å². The molecule has 0 aliphatic rings. The molecule has 17 nitrogen and oxygen atoms in total. The molecule has 1 atom stereocenters. The number of rotatable bonds is 37. The summed E-state index contributed by atoms with van der Waals surface area (Å²) in [5.41, 5.74) is 13.6. The van der Waals surface area contributed by atoms with Gasteiger partial charge in [-0.1, -0.05) is 12.0 Å². The fourth-order valence-corrected chi connectivity index (χ4v) is 3.59. The lowest BCUT2D eigenvalue weighted by molar-refractivity contribution is -0.125. The number of ether oxygens (including phenoxy) is 8. The van der Waals surface area contributed by atoms with Crippen LogP contribution < -0.4 is 16.4 Å². The topological polar surface area (TPSA) is 224 Å². The molecule has 0 radical (unpaired) electrons. The molecule has 0 saturated carbocycles. The lowest BCUT2D eigenvalue weighted by atomic mass is 10.2. The molecular weight excluding hydrogens is 620 g/mol. The van der Waals surface area contributed by atoms with Gasteiger partial charge in [-0.3, -0.25) is 14.4 Å². The third kappa shape index (κ3) is 34.7. The third-order valence-corrected chi connectivity index (χ3v) is 5.91. The van der Waals surface area contributed by atoms with Crippen molar-refractivity contribution < 1.29 is 52.3 Å². The number of azide groups is 1. The Hall–Kier alpha value is -2.44. The van der Waals surface area contributed by atoms with Crippen LogP contribution in [0.3, 0.4) is 0 Å². The summed E-state index contributed by atoms with van der Waals surface area (Å²) in [5.74, 6) is -0.356. The molecule has 274 valence electrons. The van der Waals surface area contributed by atoms with Crippen molar-refractivity contribution in [1.29, 1.82) is 0 Å². The van der Waals surface area contributed by atoms with Gasteiger partial charge >= 0.3 is 0 Å². The smallest absolute Gasteiger partial charge is 0.222 e. The Morgan fingerprint density at radius 1 is 0.660 bits per heavy atom. The normalized spacial score (nSPS) is 11.6. The second kappa shape index (κ2) is 36.4. The van der Waals surface area contributed by atoms with E-state index in [2.05, 4.69) is 20.7 Å². The van der Waals surface area contributed by atoms with E-state index in [1.165, 1.54) is 0 Å². The maximum atomic E-state index is 12.5. The first-order valence-electron chi connectivity index (χ1n) is 16.4. The highest BCUT2D eigenvalue weighted by atomic mass is 16.6. The summed E-state index contributed by atoms with van der Waals surface area (Å²) in [5, 5.41) is 9.02. The minimum Gasteiger partial charge on any atom is -0.381 e. The SMILES string of the molecule is CCCOCCNC(=O)CCOCC(COCCC(=O)CCCOCCN=[N+]=[N-])NC(=O)CCOCCOCCOCCOCCN. The van der Waals surface area contributed by atoms with E-state index in [0.717, 1.165) is 6.42 Å². The summed E-state index contributed by atoms with van der Waals surface area (Å²) < 4.78 is 43.5. The van der Waals surface area contributed by atoms with Gasteiger partial charge in [-0.2, -0.15) is 0 Å². The molecule has 1 unspecified atom stereocenters. The molecule has 0 aliphatic carbocycles. The molecule has 17 heteroatoms. The van der Waals surface area contributed by atoms with Crippen molar-refractivity contribution in [2.24, 2.45) is 10.8 Å². The number of amides is 2. The molecule has 47 heavy (non-hydrogen) atoms. The second-order valence-electron chi connectivity index (χ2n) is 10.1. The molecule has 0 aromatic carbocycles. The zero-order valence-corrected chi connectivity index (χ0v) is 28.2. The van der Waals surface area contributed by atoms with Crippen molar-refractivity contribution >= 4 is 17.6 Å². The summed E-state index contributed by atoms with van der Waals surface area (Å²) in [4.78, 5) is 39.3. The van der Waals surface area contributed by atoms with Gasteiger partial charge in [0.1, 0.15) is 5.78 Å². The van der Waals surface area contributed by atoms with Gasteiger partial charge < -0.3 is 54.3 Å². The van der Waals surface area contributed by atoms with E-state index in [4.69, 9.17) is 49.2 Å². The van der Waals surface area contributed by atoms with Gasteiger partial charge in [0.15, 0.2) is 0 Å². The lowest BCUT2D eigenvalue weighted by Crippen LogP contribution is -2.42. The summed E-state index contributed by atoms with van der Waals surface area (Å²) in [7, 11) is 0. The zero-order chi connectivity index (χ0) is 34.5. The van der Waals surface area contributed by atoms with Crippen LogP contribution in [0.1, 0.15) is 45.4 Å². The summed E-state index contributed by atoms with van der Waals surface area (Å²) in [6, 6.07) is -0.475. The average Bonchev–Trinajstić information content (AvgIpc) is 3.06. The lowest BCUT2D eigenvalue weighted by Gasteiger charge is -2.19. The molecule has 0 aliphatic heterocycles. The van der Waals surface area contributed by atoms with E-state index in [1.807, 2.05) is 6.92 Å². The molecule has 0 heterocycles. The van der Waals surface area contributed by atoms with Gasteiger partial charge in [-0.25, -0.2) is 0 Å². The van der Waals surface area contributed by atoms with Crippen LogP contribution >= 0.6 is 0 Å². The highest BCUT2D eigenvalue weighted by molar-refractivity contribution is 5.78. The molecule has 4 N–H and O–H groups in total. The number of Topliss-reactive ketones (excluding diaryl/α,β-unsaturated/α-hetero) is 1. The van der Waals surface area contributed by atoms with Crippen LogP contribution in [0.15, 0.2) is 5.11 Å².